The lowest BCUT2D eigenvalue weighted by molar-refractivity contribution is 0.0294. The summed E-state index contributed by atoms with van der Waals surface area (Å²) in [6.45, 7) is 3.37. The lowest BCUT2D eigenvalue weighted by Crippen LogP contribution is -2.56. The smallest absolute Gasteiger partial charge is 0.315 e. The number of piperidine rings is 3. The fourth-order valence-corrected chi connectivity index (χ4v) is 6.06. The van der Waals surface area contributed by atoms with Crippen molar-refractivity contribution in [3.63, 3.8) is 0 Å². The van der Waals surface area contributed by atoms with Crippen molar-refractivity contribution in [2.24, 2.45) is 13.0 Å². The third kappa shape index (κ3) is 4.61. The number of hydrogen-bond donors (Lipinski definition) is 2. The number of carbonyl (C=O) groups excluding carboxylic acids is 1. The Hall–Kier alpha value is -3.64. The van der Waals surface area contributed by atoms with Gasteiger partial charge in [0.2, 0.25) is 0 Å². The quantitative estimate of drug-likeness (QED) is 0.413. The molecule has 3 aromatic carbocycles. The van der Waals surface area contributed by atoms with Crippen LogP contribution in [0.2, 0.25) is 0 Å². The van der Waals surface area contributed by atoms with E-state index in [0.717, 1.165) is 30.8 Å². The number of benzene rings is 3. The highest BCUT2D eigenvalue weighted by molar-refractivity contribution is 5.86. The van der Waals surface area contributed by atoms with Gasteiger partial charge >= 0.3 is 6.03 Å². The Kier molecular flexibility index (Phi) is 6.20. The molecular formula is C30H33N5O. The molecule has 3 aliphatic heterocycles. The fourth-order valence-electron chi connectivity index (χ4n) is 6.06. The van der Waals surface area contributed by atoms with Gasteiger partial charge in [-0.2, -0.15) is 5.10 Å². The molecule has 0 saturated carbocycles. The average Bonchev–Trinajstić information content (AvgIpc) is 3.32. The van der Waals surface area contributed by atoms with Crippen LogP contribution >= 0.6 is 0 Å². The van der Waals surface area contributed by atoms with E-state index in [1.54, 1.807) is 0 Å². The van der Waals surface area contributed by atoms with Gasteiger partial charge in [-0.3, -0.25) is 9.58 Å². The highest BCUT2D eigenvalue weighted by Gasteiger charge is 2.41. The number of aromatic nitrogens is 2. The first-order valence-electron chi connectivity index (χ1n) is 13.0. The zero-order valence-electron chi connectivity index (χ0n) is 20.7. The summed E-state index contributed by atoms with van der Waals surface area (Å²) in [5.41, 5.74) is 4.64. The van der Waals surface area contributed by atoms with Crippen LogP contribution < -0.4 is 10.6 Å². The fraction of sp³-hybridized carbons (Fsp3) is 0.333. The summed E-state index contributed by atoms with van der Waals surface area (Å²) in [4.78, 5) is 14.9. The maximum absolute atomic E-state index is 12.4. The summed E-state index contributed by atoms with van der Waals surface area (Å²) in [7, 11) is 2.08. The van der Waals surface area contributed by atoms with Gasteiger partial charge in [0.05, 0.1) is 5.69 Å². The summed E-state index contributed by atoms with van der Waals surface area (Å²) in [5, 5.41) is 13.5. The molecule has 6 heteroatoms. The van der Waals surface area contributed by atoms with Crippen LogP contribution in [-0.2, 0) is 13.6 Å². The van der Waals surface area contributed by atoms with Crippen LogP contribution in [0.5, 0.6) is 0 Å². The third-order valence-corrected chi connectivity index (χ3v) is 8.01. The minimum atomic E-state index is -0.0929. The summed E-state index contributed by atoms with van der Waals surface area (Å²) >= 11 is 0. The molecule has 2 N–H and O–H groups in total. The number of fused-ring (bicyclic) bond motifs is 4. The molecule has 7 rings (SSSR count). The van der Waals surface area contributed by atoms with Crippen LogP contribution in [0.4, 0.5) is 4.79 Å². The molecular weight excluding hydrogens is 446 g/mol. The van der Waals surface area contributed by atoms with E-state index in [4.69, 9.17) is 5.10 Å². The molecule has 0 aliphatic carbocycles. The number of hydrogen-bond acceptors (Lipinski definition) is 3. The zero-order chi connectivity index (χ0) is 24.5. The van der Waals surface area contributed by atoms with E-state index in [-0.39, 0.29) is 6.03 Å². The summed E-state index contributed by atoms with van der Waals surface area (Å²) in [6, 6.07) is 27.7. The van der Waals surface area contributed by atoms with Gasteiger partial charge in [-0.05, 0) is 53.8 Å². The van der Waals surface area contributed by atoms with Gasteiger partial charge in [-0.25, -0.2) is 4.79 Å². The molecule has 184 valence electrons. The van der Waals surface area contributed by atoms with E-state index in [1.807, 2.05) is 30.3 Å². The first kappa shape index (κ1) is 22.8. The normalized spacial score (nSPS) is 23.0. The Morgan fingerprint density at radius 2 is 1.78 bits per heavy atom. The third-order valence-electron chi connectivity index (χ3n) is 8.01. The Morgan fingerprint density at radius 1 is 0.972 bits per heavy atom. The van der Waals surface area contributed by atoms with Gasteiger partial charge in [-0.15, -0.1) is 0 Å². The Morgan fingerprint density at radius 3 is 2.58 bits per heavy atom. The molecule has 3 fully saturated rings. The number of nitrogens with one attached hydrogen (secondary N) is 2. The van der Waals surface area contributed by atoms with Crippen molar-refractivity contribution in [2.45, 2.75) is 31.3 Å². The second-order valence-corrected chi connectivity index (χ2v) is 10.2. The molecule has 2 bridgehead atoms. The minimum Gasteiger partial charge on any atom is -0.337 e. The largest absolute Gasteiger partial charge is 0.337 e. The Labute approximate surface area is 212 Å². The molecule has 0 radical (unpaired) electrons. The van der Waals surface area contributed by atoms with Gasteiger partial charge in [0, 0.05) is 49.9 Å². The maximum Gasteiger partial charge on any atom is 0.315 e. The van der Waals surface area contributed by atoms with Crippen LogP contribution in [0, 0.1) is 5.92 Å². The van der Waals surface area contributed by atoms with Crippen molar-refractivity contribution in [3.8, 4) is 11.3 Å². The van der Waals surface area contributed by atoms with Crippen LogP contribution in [0.3, 0.4) is 0 Å². The molecule has 6 nitrogen and oxygen atoms in total. The lowest BCUT2D eigenvalue weighted by atomic mass is 9.74. The zero-order valence-corrected chi connectivity index (χ0v) is 20.7. The van der Waals surface area contributed by atoms with Crippen molar-refractivity contribution < 1.29 is 4.79 Å². The molecule has 4 atom stereocenters. The predicted molar refractivity (Wildman–Crippen MR) is 144 cm³/mol. The Balaban J connectivity index is 1.09. The van der Waals surface area contributed by atoms with Crippen molar-refractivity contribution in [2.75, 3.05) is 19.6 Å². The number of amides is 2. The van der Waals surface area contributed by atoms with Gasteiger partial charge in [0.15, 0.2) is 0 Å². The van der Waals surface area contributed by atoms with E-state index < -0.39 is 0 Å². The number of nitrogens with zero attached hydrogens (tertiary/aromatic N) is 3. The van der Waals surface area contributed by atoms with E-state index in [2.05, 4.69) is 75.8 Å². The molecule has 2 amide bonds. The summed E-state index contributed by atoms with van der Waals surface area (Å²) in [5.74, 6) is 1.10. The second-order valence-electron chi connectivity index (χ2n) is 10.2. The molecule has 3 saturated heterocycles. The van der Waals surface area contributed by atoms with Crippen molar-refractivity contribution >= 4 is 16.8 Å². The first-order valence-corrected chi connectivity index (χ1v) is 13.0. The number of carbonyl (C=O) groups is 1. The van der Waals surface area contributed by atoms with E-state index in [0.29, 0.717) is 31.0 Å². The van der Waals surface area contributed by atoms with Crippen molar-refractivity contribution in [3.05, 3.63) is 90.1 Å². The Bertz CT molecular complexity index is 1360. The molecule has 0 spiro atoms. The van der Waals surface area contributed by atoms with Gasteiger partial charge in [-0.1, -0.05) is 66.7 Å². The van der Waals surface area contributed by atoms with E-state index in [9.17, 15) is 4.79 Å². The van der Waals surface area contributed by atoms with Crippen LogP contribution in [0.25, 0.3) is 22.0 Å². The van der Waals surface area contributed by atoms with Crippen molar-refractivity contribution in [1.82, 2.24) is 25.3 Å². The monoisotopic (exact) mass is 479 g/mol. The van der Waals surface area contributed by atoms with Gasteiger partial charge < -0.3 is 10.6 Å². The topological polar surface area (TPSA) is 62.2 Å². The number of rotatable bonds is 6. The molecule has 1 aromatic heterocycles. The summed E-state index contributed by atoms with van der Waals surface area (Å²) in [6.07, 6.45) is 2.32. The van der Waals surface area contributed by atoms with Gasteiger partial charge in [0.1, 0.15) is 0 Å². The lowest BCUT2D eigenvalue weighted by Gasteiger charge is -2.49. The maximum atomic E-state index is 12.4. The first-order chi connectivity index (χ1) is 17.6. The standard InChI is InChI=1S/C30H33N5O/c1-34-29(17-28(33-34)25-12-11-22-9-5-6-10-23(22)15-25)27-20-35-14-13-24(27)16-26(35)19-32-30(36)31-18-21-7-3-2-4-8-21/h2-12,15,17,24,26-27H,13-14,16,18-20H2,1H3,(H2,31,32,36). The molecule has 4 unspecified atom stereocenters. The predicted octanol–water partition coefficient (Wildman–Crippen LogP) is 4.92. The molecule has 36 heavy (non-hydrogen) atoms. The minimum absolute atomic E-state index is 0.0929. The average molecular weight is 480 g/mol. The number of aryl methyl sites for hydroxylation is 1. The molecule has 4 aromatic rings. The summed E-state index contributed by atoms with van der Waals surface area (Å²) < 4.78 is 2.08. The van der Waals surface area contributed by atoms with Crippen molar-refractivity contribution in [1.29, 1.82) is 0 Å². The van der Waals surface area contributed by atoms with Gasteiger partial charge in [0.25, 0.3) is 0 Å². The highest BCUT2D eigenvalue weighted by atomic mass is 16.2. The second kappa shape index (κ2) is 9.78. The van der Waals surface area contributed by atoms with Crippen LogP contribution in [0.1, 0.15) is 30.0 Å². The molecule has 3 aliphatic rings. The number of urea groups is 1. The SMILES string of the molecule is Cn1nc(-c2ccc3ccccc3c2)cc1C1CN2CCC1CC2CNC(=O)NCc1ccccc1. The van der Waals surface area contributed by atoms with Crippen LogP contribution in [-0.4, -0.2) is 46.4 Å². The highest BCUT2D eigenvalue weighted by Crippen LogP contribution is 2.42. The van der Waals surface area contributed by atoms with Crippen LogP contribution in [0.15, 0.2) is 78.9 Å². The van der Waals surface area contributed by atoms with E-state index in [1.165, 1.54) is 28.5 Å². The molecule has 4 heterocycles. The van der Waals surface area contributed by atoms with E-state index >= 15 is 0 Å².